The van der Waals surface area contributed by atoms with Gasteiger partial charge < -0.3 is 24.1 Å². The number of rotatable bonds is 9. The first-order chi connectivity index (χ1) is 7.16. The molecule has 0 aromatic rings. The van der Waals surface area contributed by atoms with Crippen LogP contribution in [0.4, 0.5) is 0 Å². The molecule has 1 N–H and O–H groups in total. The van der Waals surface area contributed by atoms with E-state index < -0.39 is 12.3 Å². The van der Waals surface area contributed by atoms with Crippen LogP contribution in [0.2, 0.25) is 0 Å². The lowest BCUT2D eigenvalue weighted by Gasteiger charge is -2.35. The third kappa shape index (κ3) is 4.44. The summed E-state index contributed by atoms with van der Waals surface area (Å²) in [4.78, 5) is 0. The molecule has 0 saturated carbocycles. The van der Waals surface area contributed by atoms with E-state index in [4.69, 9.17) is 18.9 Å². The van der Waals surface area contributed by atoms with Gasteiger partial charge in [0, 0.05) is 26.4 Å². The van der Waals surface area contributed by atoms with Crippen molar-refractivity contribution in [2.75, 3.05) is 26.4 Å². The van der Waals surface area contributed by atoms with Gasteiger partial charge >= 0.3 is 5.97 Å². The molecule has 5 heteroatoms. The number of hydrogen-bond donors (Lipinski definition) is 1. The zero-order valence-corrected chi connectivity index (χ0v) is 9.99. The maximum atomic E-state index is 9.76. The van der Waals surface area contributed by atoms with E-state index in [1.54, 1.807) is 27.7 Å². The summed E-state index contributed by atoms with van der Waals surface area (Å²) in [7, 11) is 0. The Morgan fingerprint density at radius 3 is 1.53 bits per heavy atom. The maximum absolute atomic E-state index is 9.76. The molecule has 0 aliphatic carbocycles. The second-order valence-electron chi connectivity index (χ2n) is 2.71. The molecule has 0 aromatic heterocycles. The summed E-state index contributed by atoms with van der Waals surface area (Å²) < 4.78 is 21.0. The van der Waals surface area contributed by atoms with Crippen LogP contribution in [0, 0.1) is 0 Å². The molecular weight excluding hydrogens is 200 g/mol. The number of hydrogen-bond acceptors (Lipinski definition) is 5. The SMILES string of the molecule is CCOC(O)C(OCC)(OCC)OCC. The van der Waals surface area contributed by atoms with Crippen LogP contribution in [0.1, 0.15) is 27.7 Å². The van der Waals surface area contributed by atoms with E-state index in [9.17, 15) is 5.11 Å². The Labute approximate surface area is 91.3 Å². The van der Waals surface area contributed by atoms with Gasteiger partial charge in [-0.25, -0.2) is 0 Å². The lowest BCUT2D eigenvalue weighted by Crippen LogP contribution is -2.51. The van der Waals surface area contributed by atoms with Crippen molar-refractivity contribution < 1.29 is 24.1 Å². The van der Waals surface area contributed by atoms with Gasteiger partial charge in [-0.3, -0.25) is 0 Å². The van der Waals surface area contributed by atoms with E-state index in [0.29, 0.717) is 26.4 Å². The molecule has 0 saturated heterocycles. The Kier molecular flexibility index (Phi) is 7.90. The summed E-state index contributed by atoms with van der Waals surface area (Å²) in [5, 5.41) is 9.76. The third-order valence-corrected chi connectivity index (χ3v) is 1.66. The fourth-order valence-corrected chi connectivity index (χ4v) is 1.20. The minimum atomic E-state index is -1.51. The number of ether oxygens (including phenoxy) is 4. The van der Waals surface area contributed by atoms with Gasteiger partial charge in [0.1, 0.15) is 0 Å². The van der Waals surface area contributed by atoms with E-state index in [1.807, 2.05) is 0 Å². The van der Waals surface area contributed by atoms with E-state index in [1.165, 1.54) is 0 Å². The fraction of sp³-hybridized carbons (Fsp3) is 1.00. The zero-order chi connectivity index (χ0) is 11.7. The van der Waals surface area contributed by atoms with Crippen molar-refractivity contribution in [3.8, 4) is 0 Å². The van der Waals surface area contributed by atoms with Crippen molar-refractivity contribution in [1.29, 1.82) is 0 Å². The molecule has 0 heterocycles. The molecule has 5 nitrogen and oxygen atoms in total. The summed E-state index contributed by atoms with van der Waals surface area (Å²) in [6.07, 6.45) is -1.25. The third-order valence-electron chi connectivity index (χ3n) is 1.66. The summed E-state index contributed by atoms with van der Waals surface area (Å²) in [5.74, 6) is -1.51. The zero-order valence-electron chi connectivity index (χ0n) is 9.99. The van der Waals surface area contributed by atoms with Gasteiger partial charge in [-0.15, -0.1) is 0 Å². The molecule has 0 radical (unpaired) electrons. The van der Waals surface area contributed by atoms with Crippen LogP contribution >= 0.6 is 0 Å². The summed E-state index contributed by atoms with van der Waals surface area (Å²) in [5.41, 5.74) is 0. The highest BCUT2D eigenvalue weighted by Crippen LogP contribution is 2.21. The highest BCUT2D eigenvalue weighted by Gasteiger charge is 2.42. The largest absolute Gasteiger partial charge is 0.362 e. The topological polar surface area (TPSA) is 57.2 Å². The molecule has 1 atom stereocenters. The average molecular weight is 222 g/mol. The normalized spacial score (nSPS) is 14.2. The van der Waals surface area contributed by atoms with Crippen molar-refractivity contribution in [2.24, 2.45) is 0 Å². The van der Waals surface area contributed by atoms with Crippen molar-refractivity contribution in [3.63, 3.8) is 0 Å². The van der Waals surface area contributed by atoms with E-state index >= 15 is 0 Å². The van der Waals surface area contributed by atoms with Gasteiger partial charge in [-0.05, 0) is 27.7 Å². The average Bonchev–Trinajstić information content (AvgIpc) is 2.19. The van der Waals surface area contributed by atoms with Gasteiger partial charge in [0.25, 0.3) is 0 Å². The first kappa shape index (κ1) is 14.8. The van der Waals surface area contributed by atoms with Gasteiger partial charge in [0.15, 0.2) is 0 Å². The lowest BCUT2D eigenvalue weighted by atomic mass is 10.5. The highest BCUT2D eigenvalue weighted by atomic mass is 16.9. The van der Waals surface area contributed by atoms with E-state index in [-0.39, 0.29) is 0 Å². The van der Waals surface area contributed by atoms with E-state index in [2.05, 4.69) is 0 Å². The molecular formula is C10H22O5. The van der Waals surface area contributed by atoms with E-state index in [0.717, 1.165) is 0 Å². The molecule has 0 aliphatic heterocycles. The van der Waals surface area contributed by atoms with Crippen LogP contribution in [0.15, 0.2) is 0 Å². The van der Waals surface area contributed by atoms with Crippen LogP contribution in [-0.2, 0) is 18.9 Å². The molecule has 0 spiro atoms. The molecule has 0 bridgehead atoms. The molecule has 1 unspecified atom stereocenters. The molecule has 0 aliphatic rings. The highest BCUT2D eigenvalue weighted by molar-refractivity contribution is 4.61. The quantitative estimate of drug-likeness (QED) is 0.592. The predicted molar refractivity (Wildman–Crippen MR) is 55.2 cm³/mol. The van der Waals surface area contributed by atoms with Crippen LogP contribution in [0.25, 0.3) is 0 Å². The second kappa shape index (κ2) is 8.01. The van der Waals surface area contributed by atoms with Gasteiger partial charge in [0.2, 0.25) is 6.29 Å². The van der Waals surface area contributed by atoms with Crippen molar-refractivity contribution >= 4 is 0 Å². The fourth-order valence-electron chi connectivity index (χ4n) is 1.20. The Bertz CT molecular complexity index is 134. The van der Waals surface area contributed by atoms with Gasteiger partial charge in [-0.2, -0.15) is 0 Å². The number of aliphatic hydroxyl groups is 1. The van der Waals surface area contributed by atoms with Crippen LogP contribution in [0.3, 0.4) is 0 Å². The molecule has 0 rings (SSSR count). The Morgan fingerprint density at radius 2 is 1.27 bits per heavy atom. The van der Waals surface area contributed by atoms with Crippen molar-refractivity contribution in [1.82, 2.24) is 0 Å². The lowest BCUT2D eigenvalue weighted by molar-refractivity contribution is -0.447. The van der Waals surface area contributed by atoms with Gasteiger partial charge in [0.05, 0.1) is 0 Å². The Morgan fingerprint density at radius 1 is 0.867 bits per heavy atom. The van der Waals surface area contributed by atoms with Crippen molar-refractivity contribution in [3.05, 3.63) is 0 Å². The molecule has 0 fully saturated rings. The summed E-state index contributed by atoms with van der Waals surface area (Å²) >= 11 is 0. The first-order valence-electron chi connectivity index (χ1n) is 5.38. The predicted octanol–water partition coefficient (Wildman–Crippen LogP) is 1.10. The Hall–Kier alpha value is -0.200. The van der Waals surface area contributed by atoms with Crippen LogP contribution in [-0.4, -0.2) is 43.8 Å². The first-order valence-corrected chi connectivity index (χ1v) is 5.38. The van der Waals surface area contributed by atoms with Crippen LogP contribution in [0.5, 0.6) is 0 Å². The minimum Gasteiger partial charge on any atom is -0.362 e. The summed E-state index contributed by atoms with van der Waals surface area (Å²) in [6, 6.07) is 0. The smallest absolute Gasteiger partial charge is 0.337 e. The van der Waals surface area contributed by atoms with Gasteiger partial charge in [-0.1, -0.05) is 0 Å². The second-order valence-corrected chi connectivity index (χ2v) is 2.71. The van der Waals surface area contributed by atoms with Crippen molar-refractivity contribution in [2.45, 2.75) is 40.0 Å². The maximum Gasteiger partial charge on any atom is 0.337 e. The summed E-state index contributed by atoms with van der Waals surface area (Å²) in [6.45, 7) is 8.62. The number of aliphatic hydroxyl groups excluding tert-OH is 1. The molecule has 0 amide bonds. The molecule has 92 valence electrons. The van der Waals surface area contributed by atoms with Crippen LogP contribution < -0.4 is 0 Å². The molecule has 15 heavy (non-hydrogen) atoms. The standard InChI is InChI=1S/C10H22O5/c1-5-12-9(11)10(13-6-2,14-7-3)15-8-4/h9,11H,5-8H2,1-4H3. The monoisotopic (exact) mass is 222 g/mol. The Balaban J connectivity index is 4.57. The molecule has 0 aromatic carbocycles. The minimum absolute atomic E-state index is 0.357.